The zero-order valence-electron chi connectivity index (χ0n) is 13.1. The molecule has 1 spiro atoms. The van der Waals surface area contributed by atoms with Gasteiger partial charge in [-0.05, 0) is 43.2 Å². The predicted molar refractivity (Wildman–Crippen MR) is 95.5 cm³/mol. The van der Waals surface area contributed by atoms with Crippen molar-refractivity contribution in [3.8, 4) is 0 Å². The van der Waals surface area contributed by atoms with Gasteiger partial charge in [0, 0.05) is 33.2 Å². The van der Waals surface area contributed by atoms with Gasteiger partial charge in [-0.2, -0.15) is 0 Å². The Kier molecular flexibility index (Phi) is 2.71. The number of carbonyl (C=O) groups is 1. The minimum Gasteiger partial charge on any atom is -0.356 e. The molecule has 5 heteroatoms. The molecule has 5 rings (SSSR count). The number of hydrogen-bond donors (Lipinski definition) is 3. The molecule has 2 atom stereocenters. The first kappa shape index (κ1) is 14.1. The van der Waals surface area contributed by atoms with E-state index in [1.54, 1.807) is 6.07 Å². The van der Waals surface area contributed by atoms with E-state index in [4.69, 9.17) is 11.6 Å². The number of benzene rings is 2. The number of halogens is 1. The topological polar surface area (TPSA) is 56.9 Å². The van der Waals surface area contributed by atoms with Crippen molar-refractivity contribution in [2.45, 2.75) is 24.9 Å². The number of fused-ring (bicyclic) bond motifs is 6. The Morgan fingerprint density at radius 2 is 2.04 bits per heavy atom. The van der Waals surface area contributed by atoms with Crippen molar-refractivity contribution in [3.63, 3.8) is 0 Å². The van der Waals surface area contributed by atoms with Gasteiger partial charge in [0.25, 0.3) is 5.91 Å². The molecule has 2 aromatic carbocycles. The van der Waals surface area contributed by atoms with Crippen LogP contribution in [-0.2, 0) is 16.8 Å². The fourth-order valence-electron chi connectivity index (χ4n) is 4.20. The van der Waals surface area contributed by atoms with Crippen LogP contribution in [-0.4, -0.2) is 16.9 Å². The lowest BCUT2D eigenvalue weighted by Crippen LogP contribution is -2.56. The number of aromatic amines is 1. The number of H-pyrrole nitrogens is 1. The maximum atomic E-state index is 13.1. The molecule has 0 unspecified atom stereocenters. The first-order chi connectivity index (χ1) is 11.6. The molecular formula is C19H16ClN3O. The van der Waals surface area contributed by atoms with Crippen LogP contribution in [0.4, 0.5) is 5.69 Å². The lowest BCUT2D eigenvalue weighted by Gasteiger charge is -2.37. The molecule has 3 N–H and O–H groups in total. The van der Waals surface area contributed by atoms with Crippen molar-refractivity contribution in [2.75, 3.05) is 5.32 Å². The van der Waals surface area contributed by atoms with Crippen molar-refractivity contribution in [2.24, 2.45) is 0 Å². The molecule has 1 aromatic heterocycles. The number of amides is 1. The second kappa shape index (κ2) is 4.62. The van der Waals surface area contributed by atoms with Gasteiger partial charge in [-0.15, -0.1) is 0 Å². The quantitative estimate of drug-likeness (QED) is 0.587. The summed E-state index contributed by atoms with van der Waals surface area (Å²) in [6.07, 6.45) is 0.879. The van der Waals surface area contributed by atoms with Crippen LogP contribution in [0.2, 0.25) is 5.02 Å². The third-order valence-electron chi connectivity index (χ3n) is 5.14. The molecule has 0 fully saturated rings. The van der Waals surface area contributed by atoms with Crippen molar-refractivity contribution in [1.82, 2.24) is 10.3 Å². The standard InChI is InChI=1S/C19H16ClN3O/c1-10-8-13-12-4-2-3-5-15(12)21-17(13)19(23-10)14-9-11(20)6-7-16(14)22-18(19)24/h2-7,9-10,21,23H,8H2,1H3,(H,22,24)/t10-,19+/m0/s1. The van der Waals surface area contributed by atoms with Gasteiger partial charge in [-0.1, -0.05) is 29.8 Å². The van der Waals surface area contributed by atoms with Crippen molar-refractivity contribution in [3.05, 3.63) is 64.3 Å². The fourth-order valence-corrected chi connectivity index (χ4v) is 4.37. The number of rotatable bonds is 0. The number of para-hydroxylation sites is 1. The van der Waals surface area contributed by atoms with Crippen LogP contribution in [0.1, 0.15) is 23.7 Å². The van der Waals surface area contributed by atoms with Crippen LogP contribution >= 0.6 is 11.6 Å². The van der Waals surface area contributed by atoms with E-state index in [1.807, 2.05) is 24.3 Å². The van der Waals surface area contributed by atoms with Gasteiger partial charge in [0.15, 0.2) is 5.54 Å². The largest absolute Gasteiger partial charge is 0.356 e. The van der Waals surface area contributed by atoms with E-state index in [0.717, 1.165) is 28.9 Å². The first-order valence-corrected chi connectivity index (χ1v) is 8.46. The van der Waals surface area contributed by atoms with Crippen LogP contribution < -0.4 is 10.6 Å². The van der Waals surface area contributed by atoms with Gasteiger partial charge in [0.1, 0.15) is 0 Å². The summed E-state index contributed by atoms with van der Waals surface area (Å²) in [5.41, 5.74) is 3.99. The van der Waals surface area contributed by atoms with Crippen LogP contribution in [0, 0.1) is 0 Å². The number of aromatic nitrogens is 1. The third-order valence-corrected chi connectivity index (χ3v) is 5.37. The average Bonchev–Trinajstić information content (AvgIpc) is 3.06. The van der Waals surface area contributed by atoms with E-state index < -0.39 is 5.54 Å². The molecule has 0 saturated heterocycles. The van der Waals surface area contributed by atoms with Crippen LogP contribution in [0.25, 0.3) is 10.9 Å². The molecular weight excluding hydrogens is 322 g/mol. The summed E-state index contributed by atoms with van der Waals surface area (Å²) >= 11 is 6.24. The number of nitrogens with one attached hydrogen (secondary N) is 3. The molecule has 3 aromatic rings. The van der Waals surface area contributed by atoms with E-state index >= 15 is 0 Å². The van der Waals surface area contributed by atoms with Gasteiger partial charge in [0.05, 0.1) is 5.69 Å². The van der Waals surface area contributed by atoms with E-state index in [2.05, 4.69) is 34.7 Å². The molecule has 24 heavy (non-hydrogen) atoms. The van der Waals surface area contributed by atoms with E-state index in [0.29, 0.717) is 5.02 Å². The summed E-state index contributed by atoms with van der Waals surface area (Å²) in [6.45, 7) is 2.11. The fraction of sp³-hybridized carbons (Fsp3) is 0.211. The average molecular weight is 338 g/mol. The summed E-state index contributed by atoms with van der Waals surface area (Å²) in [7, 11) is 0. The minimum absolute atomic E-state index is 0.0564. The Labute approximate surface area is 144 Å². The highest BCUT2D eigenvalue weighted by Crippen LogP contribution is 2.46. The van der Waals surface area contributed by atoms with Gasteiger partial charge in [-0.3, -0.25) is 10.1 Å². The van der Waals surface area contributed by atoms with E-state index in [-0.39, 0.29) is 11.9 Å². The highest BCUT2D eigenvalue weighted by atomic mass is 35.5. The lowest BCUT2D eigenvalue weighted by atomic mass is 9.80. The van der Waals surface area contributed by atoms with Crippen LogP contribution in [0.15, 0.2) is 42.5 Å². The van der Waals surface area contributed by atoms with Crippen molar-refractivity contribution < 1.29 is 4.79 Å². The van der Waals surface area contributed by atoms with Crippen LogP contribution in [0.5, 0.6) is 0 Å². The van der Waals surface area contributed by atoms with Gasteiger partial charge in [-0.25, -0.2) is 0 Å². The molecule has 3 heterocycles. The Morgan fingerprint density at radius 3 is 2.92 bits per heavy atom. The highest BCUT2D eigenvalue weighted by molar-refractivity contribution is 6.31. The monoisotopic (exact) mass is 337 g/mol. The van der Waals surface area contributed by atoms with Gasteiger partial charge < -0.3 is 10.3 Å². The smallest absolute Gasteiger partial charge is 0.255 e. The lowest BCUT2D eigenvalue weighted by molar-refractivity contribution is -0.121. The molecule has 2 aliphatic rings. The SMILES string of the molecule is C[C@H]1Cc2c([nH]c3ccccc23)[C@@]2(N1)C(=O)Nc1ccc(Cl)cc12. The van der Waals surface area contributed by atoms with E-state index in [1.165, 1.54) is 10.9 Å². The predicted octanol–water partition coefficient (Wildman–Crippen LogP) is 3.55. The third kappa shape index (κ3) is 1.65. The Balaban J connectivity index is 1.88. The highest BCUT2D eigenvalue weighted by Gasteiger charge is 2.53. The zero-order valence-corrected chi connectivity index (χ0v) is 13.9. The summed E-state index contributed by atoms with van der Waals surface area (Å²) in [4.78, 5) is 16.6. The first-order valence-electron chi connectivity index (χ1n) is 8.09. The van der Waals surface area contributed by atoms with Crippen LogP contribution in [0.3, 0.4) is 0 Å². The second-order valence-corrected chi connectivity index (χ2v) is 7.10. The normalized spacial score (nSPS) is 24.9. The van der Waals surface area contributed by atoms with E-state index in [9.17, 15) is 4.79 Å². The maximum Gasteiger partial charge on any atom is 0.255 e. The molecule has 4 nitrogen and oxygen atoms in total. The molecule has 0 aliphatic carbocycles. The van der Waals surface area contributed by atoms with Crippen molar-refractivity contribution in [1.29, 1.82) is 0 Å². The second-order valence-electron chi connectivity index (χ2n) is 6.67. The zero-order chi connectivity index (χ0) is 16.5. The van der Waals surface area contributed by atoms with Crippen molar-refractivity contribution >= 4 is 34.1 Å². The maximum absolute atomic E-state index is 13.1. The number of anilines is 1. The molecule has 0 saturated carbocycles. The summed E-state index contributed by atoms with van der Waals surface area (Å²) in [6, 6.07) is 13.9. The minimum atomic E-state index is -0.910. The number of hydrogen-bond acceptors (Lipinski definition) is 2. The van der Waals surface area contributed by atoms with Gasteiger partial charge in [0.2, 0.25) is 0 Å². The molecule has 120 valence electrons. The Bertz CT molecular complexity index is 1010. The molecule has 2 aliphatic heterocycles. The molecule has 0 radical (unpaired) electrons. The molecule has 1 amide bonds. The van der Waals surface area contributed by atoms with Gasteiger partial charge >= 0.3 is 0 Å². The Hall–Kier alpha value is -2.30. The summed E-state index contributed by atoms with van der Waals surface area (Å²) in [5, 5.41) is 8.36. The summed E-state index contributed by atoms with van der Waals surface area (Å²) < 4.78 is 0. The summed E-state index contributed by atoms with van der Waals surface area (Å²) in [5.74, 6) is -0.0564. The molecule has 0 bridgehead atoms. The Morgan fingerprint density at radius 1 is 1.21 bits per heavy atom. The number of carbonyl (C=O) groups excluding carboxylic acids is 1.